The fourth-order valence-corrected chi connectivity index (χ4v) is 4.95. The molecule has 0 aromatic carbocycles. The highest BCUT2D eigenvalue weighted by atomic mass is 16.5. The zero-order valence-electron chi connectivity index (χ0n) is 17.4. The molecular weight excluding hydrogens is 382 g/mol. The number of pyridine rings is 1. The van der Waals surface area contributed by atoms with Gasteiger partial charge in [-0.2, -0.15) is 0 Å². The van der Waals surface area contributed by atoms with E-state index in [1.807, 2.05) is 26.1 Å². The highest BCUT2D eigenvalue weighted by Gasteiger charge is 2.31. The van der Waals surface area contributed by atoms with Crippen LogP contribution in [0.4, 0.5) is 0 Å². The minimum atomic E-state index is -0.229. The maximum absolute atomic E-state index is 12.1. The first-order valence-corrected chi connectivity index (χ1v) is 10.8. The van der Waals surface area contributed by atoms with E-state index >= 15 is 0 Å². The van der Waals surface area contributed by atoms with E-state index in [9.17, 15) is 9.90 Å². The summed E-state index contributed by atoms with van der Waals surface area (Å²) < 4.78 is 7.55. The number of nitrogens with zero attached hydrogens (tertiary/aromatic N) is 4. The van der Waals surface area contributed by atoms with Gasteiger partial charge < -0.3 is 19.5 Å². The molecule has 1 saturated carbocycles. The molecule has 0 radical (unpaired) electrons. The van der Waals surface area contributed by atoms with Gasteiger partial charge in [0, 0.05) is 29.8 Å². The van der Waals surface area contributed by atoms with Gasteiger partial charge in [-0.3, -0.25) is 4.79 Å². The number of aliphatic hydroxyl groups is 1. The van der Waals surface area contributed by atoms with Crippen LogP contribution in [0.15, 0.2) is 16.8 Å². The topological polar surface area (TPSA) is 106 Å². The first-order chi connectivity index (χ1) is 14.5. The number of piperidine rings is 1. The Bertz CT molecular complexity index is 1070. The molecule has 2 fully saturated rings. The molecule has 2 aliphatic rings. The Morgan fingerprint density at radius 1 is 1.20 bits per heavy atom. The molecule has 0 unspecified atom stereocenters. The molecule has 4 heterocycles. The fourth-order valence-electron chi connectivity index (χ4n) is 4.95. The molecular formula is C22H27N5O3. The largest absolute Gasteiger partial charge is 0.393 e. The Hall–Kier alpha value is -2.74. The number of hydrogen-bond donors (Lipinski definition) is 2. The Labute approximate surface area is 174 Å². The molecule has 1 aliphatic heterocycles. The fraction of sp³-hybridized carbons (Fsp3) is 0.545. The van der Waals surface area contributed by atoms with Crippen molar-refractivity contribution in [3.63, 3.8) is 0 Å². The summed E-state index contributed by atoms with van der Waals surface area (Å²) in [5, 5.41) is 17.1. The van der Waals surface area contributed by atoms with E-state index in [2.05, 4.69) is 15.0 Å². The second-order valence-corrected chi connectivity index (χ2v) is 8.58. The number of amides is 1. The average molecular weight is 409 g/mol. The number of rotatable bonds is 3. The van der Waals surface area contributed by atoms with Gasteiger partial charge in [-0.05, 0) is 58.4 Å². The van der Waals surface area contributed by atoms with E-state index in [4.69, 9.17) is 14.5 Å². The molecule has 1 aliphatic carbocycles. The second-order valence-electron chi connectivity index (χ2n) is 8.58. The van der Waals surface area contributed by atoms with Crippen LogP contribution in [0, 0.1) is 13.8 Å². The molecule has 158 valence electrons. The van der Waals surface area contributed by atoms with Gasteiger partial charge in [-0.15, -0.1) is 0 Å². The molecule has 1 saturated heterocycles. The molecule has 3 aromatic heterocycles. The standard InChI is InChI=1S/C22H27N5O3/c1-12-20(13(2)30-26-12)14-10-18-21(23-11-14)27(15-6-8-16(28)9-7-15)22(25-18)17-4-3-5-19(29)24-17/h10-11,15-17,28H,3-9H2,1-2H3,(H,24,29)/t15-,16-,17-/m0/s1. The normalized spacial score (nSPS) is 24.9. The van der Waals surface area contributed by atoms with Crippen LogP contribution in [0.2, 0.25) is 0 Å². The number of nitrogens with one attached hydrogen (secondary N) is 1. The van der Waals surface area contributed by atoms with E-state index in [1.165, 1.54) is 0 Å². The van der Waals surface area contributed by atoms with Crippen molar-refractivity contribution >= 4 is 17.1 Å². The van der Waals surface area contributed by atoms with E-state index in [0.29, 0.717) is 6.42 Å². The third-order valence-corrected chi connectivity index (χ3v) is 6.45. The lowest BCUT2D eigenvalue weighted by molar-refractivity contribution is -0.123. The van der Waals surface area contributed by atoms with Crippen LogP contribution in [0.1, 0.15) is 74.3 Å². The summed E-state index contributed by atoms with van der Waals surface area (Å²) in [5.41, 5.74) is 4.36. The number of imidazole rings is 1. The smallest absolute Gasteiger partial charge is 0.220 e. The number of aromatic nitrogens is 4. The predicted molar refractivity (Wildman–Crippen MR) is 111 cm³/mol. The zero-order valence-corrected chi connectivity index (χ0v) is 17.4. The highest BCUT2D eigenvalue weighted by Crippen LogP contribution is 2.37. The monoisotopic (exact) mass is 409 g/mol. The van der Waals surface area contributed by atoms with Crippen LogP contribution in [-0.4, -0.2) is 36.8 Å². The third kappa shape index (κ3) is 3.29. The summed E-state index contributed by atoms with van der Waals surface area (Å²) in [6.07, 6.45) is 7.25. The first-order valence-electron chi connectivity index (χ1n) is 10.8. The van der Waals surface area contributed by atoms with Gasteiger partial charge in [-0.25, -0.2) is 9.97 Å². The first kappa shape index (κ1) is 19.2. The average Bonchev–Trinajstić information content (AvgIpc) is 3.28. The van der Waals surface area contributed by atoms with Crippen LogP contribution in [-0.2, 0) is 4.79 Å². The Morgan fingerprint density at radius 3 is 2.70 bits per heavy atom. The zero-order chi connectivity index (χ0) is 20.8. The maximum Gasteiger partial charge on any atom is 0.220 e. The lowest BCUT2D eigenvalue weighted by Crippen LogP contribution is -2.35. The van der Waals surface area contributed by atoms with Crippen molar-refractivity contribution in [3.05, 3.63) is 29.5 Å². The quantitative estimate of drug-likeness (QED) is 0.686. The third-order valence-electron chi connectivity index (χ3n) is 6.45. The van der Waals surface area contributed by atoms with Gasteiger partial charge in [0.1, 0.15) is 17.1 Å². The van der Waals surface area contributed by atoms with Crippen molar-refractivity contribution in [1.29, 1.82) is 0 Å². The molecule has 1 atom stereocenters. The Balaban J connectivity index is 1.62. The minimum Gasteiger partial charge on any atom is -0.393 e. The highest BCUT2D eigenvalue weighted by molar-refractivity contribution is 5.81. The number of hydrogen-bond acceptors (Lipinski definition) is 6. The van der Waals surface area contributed by atoms with Crippen LogP contribution < -0.4 is 5.32 Å². The Morgan fingerprint density at radius 2 is 2.00 bits per heavy atom. The van der Waals surface area contributed by atoms with Crippen LogP contribution in [0.25, 0.3) is 22.3 Å². The van der Waals surface area contributed by atoms with E-state index in [1.54, 1.807) is 0 Å². The molecule has 8 nitrogen and oxygen atoms in total. The second kappa shape index (κ2) is 7.50. The summed E-state index contributed by atoms with van der Waals surface area (Å²) in [6, 6.07) is 2.16. The number of aryl methyl sites for hydroxylation is 2. The lowest BCUT2D eigenvalue weighted by Gasteiger charge is -2.30. The van der Waals surface area contributed by atoms with Gasteiger partial charge in [-0.1, -0.05) is 5.16 Å². The summed E-state index contributed by atoms with van der Waals surface area (Å²) >= 11 is 0. The van der Waals surface area contributed by atoms with E-state index < -0.39 is 0 Å². The minimum absolute atomic E-state index is 0.0771. The van der Waals surface area contributed by atoms with Crippen LogP contribution in [0.3, 0.4) is 0 Å². The predicted octanol–water partition coefficient (Wildman–Crippen LogP) is 3.52. The molecule has 0 spiro atoms. The van der Waals surface area contributed by atoms with Crippen LogP contribution in [0.5, 0.6) is 0 Å². The number of aliphatic hydroxyl groups excluding tert-OH is 1. The molecule has 2 N–H and O–H groups in total. The number of carbonyl (C=O) groups excluding carboxylic acids is 1. The molecule has 1 amide bonds. The van der Waals surface area contributed by atoms with Crippen molar-refractivity contribution in [3.8, 4) is 11.1 Å². The lowest BCUT2D eigenvalue weighted by atomic mass is 9.92. The maximum atomic E-state index is 12.1. The Kier molecular flexibility index (Phi) is 4.81. The van der Waals surface area contributed by atoms with Crippen molar-refractivity contribution < 1.29 is 14.4 Å². The summed E-state index contributed by atoms with van der Waals surface area (Å²) in [4.78, 5) is 21.8. The van der Waals surface area contributed by atoms with Crippen LogP contribution >= 0.6 is 0 Å². The summed E-state index contributed by atoms with van der Waals surface area (Å²) in [7, 11) is 0. The van der Waals surface area contributed by atoms with Gasteiger partial charge in [0.05, 0.1) is 17.8 Å². The summed E-state index contributed by atoms with van der Waals surface area (Å²) in [6.45, 7) is 3.82. The van der Waals surface area contributed by atoms with Crippen molar-refractivity contribution in [2.45, 2.75) is 77.0 Å². The number of carbonyl (C=O) groups is 1. The van der Waals surface area contributed by atoms with Crippen molar-refractivity contribution in [1.82, 2.24) is 25.0 Å². The van der Waals surface area contributed by atoms with Crippen molar-refractivity contribution in [2.75, 3.05) is 0 Å². The molecule has 5 rings (SSSR count). The van der Waals surface area contributed by atoms with Gasteiger partial charge in [0.15, 0.2) is 5.65 Å². The van der Waals surface area contributed by atoms with Gasteiger partial charge >= 0.3 is 0 Å². The van der Waals surface area contributed by atoms with E-state index in [0.717, 1.165) is 78.1 Å². The SMILES string of the molecule is Cc1noc(C)c1-c1cnc2c(c1)nc([C@@H]1CCCC(=O)N1)n2[C@H]1CC[C@H](O)CC1. The van der Waals surface area contributed by atoms with Gasteiger partial charge in [0.2, 0.25) is 5.91 Å². The molecule has 0 bridgehead atoms. The summed E-state index contributed by atoms with van der Waals surface area (Å²) in [5.74, 6) is 1.71. The number of fused-ring (bicyclic) bond motifs is 1. The molecule has 8 heteroatoms. The van der Waals surface area contributed by atoms with Gasteiger partial charge in [0.25, 0.3) is 0 Å². The van der Waals surface area contributed by atoms with Crippen molar-refractivity contribution in [2.24, 2.45) is 0 Å². The molecule has 3 aromatic rings. The molecule has 30 heavy (non-hydrogen) atoms. The van der Waals surface area contributed by atoms with E-state index in [-0.39, 0.29) is 24.1 Å².